The Kier molecular flexibility index (Phi) is 3.84. The molecule has 3 rings (SSSR count). The molecule has 0 spiro atoms. The predicted molar refractivity (Wildman–Crippen MR) is 85.5 cm³/mol. The van der Waals surface area contributed by atoms with Crippen LogP contribution >= 0.6 is 11.6 Å². The number of nitrogens with zero attached hydrogens (tertiary/aromatic N) is 1. The highest BCUT2D eigenvalue weighted by atomic mass is 35.5. The maximum absolute atomic E-state index is 12.1. The average molecular weight is 297 g/mol. The summed E-state index contributed by atoms with van der Waals surface area (Å²) in [5.41, 5.74) is 0.993. The summed E-state index contributed by atoms with van der Waals surface area (Å²) in [7, 11) is 0. The Morgan fingerprint density at radius 1 is 1.00 bits per heavy atom. The smallest absolute Gasteiger partial charge is 0.229 e. The van der Waals surface area contributed by atoms with Gasteiger partial charge in [0.25, 0.3) is 0 Å². The second kappa shape index (κ2) is 5.94. The van der Waals surface area contributed by atoms with Crippen molar-refractivity contribution in [3.05, 3.63) is 71.4 Å². The standard InChI is InChI=1S/C17H13ClN2O/c18-15-9-4-10-16(19-15)20-17(21)11-13-7-3-6-12-5-1-2-8-14(12)13/h1-10H,11H2,(H,19,20,21). The van der Waals surface area contributed by atoms with Crippen molar-refractivity contribution in [1.82, 2.24) is 4.98 Å². The van der Waals surface area contributed by atoms with E-state index in [2.05, 4.69) is 10.3 Å². The molecule has 0 unspecified atom stereocenters. The number of hydrogen-bond donors (Lipinski definition) is 1. The van der Waals surface area contributed by atoms with Gasteiger partial charge in [-0.05, 0) is 28.5 Å². The van der Waals surface area contributed by atoms with Gasteiger partial charge in [-0.15, -0.1) is 0 Å². The van der Waals surface area contributed by atoms with Crippen LogP contribution in [-0.4, -0.2) is 10.9 Å². The number of benzene rings is 2. The van der Waals surface area contributed by atoms with Crippen LogP contribution in [0.3, 0.4) is 0 Å². The predicted octanol–water partition coefficient (Wildman–Crippen LogP) is 4.07. The number of anilines is 1. The third kappa shape index (κ3) is 3.20. The molecule has 1 N–H and O–H groups in total. The Bertz CT molecular complexity index is 796. The maximum Gasteiger partial charge on any atom is 0.229 e. The van der Waals surface area contributed by atoms with Crippen molar-refractivity contribution >= 4 is 34.1 Å². The van der Waals surface area contributed by atoms with E-state index in [0.29, 0.717) is 17.4 Å². The Morgan fingerprint density at radius 2 is 1.76 bits per heavy atom. The molecule has 0 radical (unpaired) electrons. The van der Waals surface area contributed by atoms with Gasteiger partial charge in [-0.3, -0.25) is 4.79 Å². The van der Waals surface area contributed by atoms with Crippen molar-refractivity contribution in [1.29, 1.82) is 0 Å². The van der Waals surface area contributed by atoms with Gasteiger partial charge in [-0.2, -0.15) is 0 Å². The van der Waals surface area contributed by atoms with Gasteiger partial charge >= 0.3 is 0 Å². The lowest BCUT2D eigenvalue weighted by Crippen LogP contribution is -2.15. The first kappa shape index (κ1) is 13.6. The van der Waals surface area contributed by atoms with Crippen LogP contribution in [0.1, 0.15) is 5.56 Å². The topological polar surface area (TPSA) is 42.0 Å². The molecule has 0 atom stereocenters. The zero-order valence-corrected chi connectivity index (χ0v) is 12.0. The van der Waals surface area contributed by atoms with Crippen molar-refractivity contribution in [2.45, 2.75) is 6.42 Å². The molecule has 104 valence electrons. The number of rotatable bonds is 3. The van der Waals surface area contributed by atoms with E-state index in [4.69, 9.17) is 11.6 Å². The summed E-state index contributed by atoms with van der Waals surface area (Å²) in [4.78, 5) is 16.2. The van der Waals surface area contributed by atoms with Gasteiger partial charge in [0.2, 0.25) is 5.91 Å². The van der Waals surface area contributed by atoms with E-state index >= 15 is 0 Å². The largest absolute Gasteiger partial charge is 0.310 e. The van der Waals surface area contributed by atoms with Crippen LogP contribution in [0, 0.1) is 0 Å². The maximum atomic E-state index is 12.1. The Labute approximate surface area is 127 Å². The van der Waals surface area contributed by atoms with Crippen molar-refractivity contribution in [3.63, 3.8) is 0 Å². The molecule has 3 aromatic rings. The third-order valence-corrected chi connectivity index (χ3v) is 3.42. The fourth-order valence-corrected chi connectivity index (χ4v) is 2.45. The van der Waals surface area contributed by atoms with Gasteiger partial charge in [0.15, 0.2) is 0 Å². The first-order valence-electron chi connectivity index (χ1n) is 6.61. The molecule has 0 aliphatic heterocycles. The van der Waals surface area contributed by atoms with E-state index in [9.17, 15) is 4.79 Å². The number of carbonyl (C=O) groups excluding carboxylic acids is 1. The highest BCUT2D eigenvalue weighted by Crippen LogP contribution is 2.19. The van der Waals surface area contributed by atoms with Gasteiger partial charge in [-0.25, -0.2) is 4.98 Å². The molecule has 2 aromatic carbocycles. The molecule has 0 aliphatic carbocycles. The van der Waals surface area contributed by atoms with Crippen LogP contribution in [0.4, 0.5) is 5.82 Å². The Balaban J connectivity index is 1.80. The van der Waals surface area contributed by atoms with E-state index in [1.807, 2.05) is 42.5 Å². The molecule has 21 heavy (non-hydrogen) atoms. The molecule has 0 saturated carbocycles. The van der Waals surface area contributed by atoms with Crippen LogP contribution in [0.25, 0.3) is 10.8 Å². The minimum Gasteiger partial charge on any atom is -0.310 e. The van der Waals surface area contributed by atoms with Gasteiger partial charge in [0, 0.05) is 0 Å². The van der Waals surface area contributed by atoms with Crippen molar-refractivity contribution in [2.75, 3.05) is 5.32 Å². The summed E-state index contributed by atoms with van der Waals surface area (Å²) in [6.45, 7) is 0. The Morgan fingerprint density at radius 3 is 2.62 bits per heavy atom. The second-order valence-electron chi connectivity index (χ2n) is 4.71. The number of fused-ring (bicyclic) bond motifs is 1. The van der Waals surface area contributed by atoms with Crippen LogP contribution < -0.4 is 5.32 Å². The molecular formula is C17H13ClN2O. The number of pyridine rings is 1. The van der Waals surface area contributed by atoms with Gasteiger partial charge in [-0.1, -0.05) is 60.1 Å². The lowest BCUT2D eigenvalue weighted by molar-refractivity contribution is -0.115. The van der Waals surface area contributed by atoms with E-state index < -0.39 is 0 Å². The van der Waals surface area contributed by atoms with Gasteiger partial charge < -0.3 is 5.32 Å². The monoisotopic (exact) mass is 296 g/mol. The quantitative estimate of drug-likeness (QED) is 0.740. The van der Waals surface area contributed by atoms with Crippen molar-refractivity contribution < 1.29 is 4.79 Å². The average Bonchev–Trinajstić information content (AvgIpc) is 2.47. The van der Waals surface area contributed by atoms with Gasteiger partial charge in [0.05, 0.1) is 6.42 Å². The summed E-state index contributed by atoms with van der Waals surface area (Å²) in [5.74, 6) is 0.355. The number of amides is 1. The fraction of sp³-hybridized carbons (Fsp3) is 0.0588. The molecule has 1 heterocycles. The summed E-state index contributed by atoms with van der Waals surface area (Å²) in [5, 5.41) is 5.34. The molecule has 0 bridgehead atoms. The molecule has 4 heteroatoms. The second-order valence-corrected chi connectivity index (χ2v) is 5.10. The molecule has 0 aliphatic rings. The minimum atomic E-state index is -0.110. The lowest BCUT2D eigenvalue weighted by Gasteiger charge is -2.07. The highest BCUT2D eigenvalue weighted by Gasteiger charge is 2.08. The number of hydrogen-bond acceptors (Lipinski definition) is 2. The van der Waals surface area contributed by atoms with Crippen molar-refractivity contribution in [3.8, 4) is 0 Å². The molecular weight excluding hydrogens is 284 g/mol. The minimum absolute atomic E-state index is 0.110. The normalized spacial score (nSPS) is 10.5. The zero-order chi connectivity index (χ0) is 14.7. The highest BCUT2D eigenvalue weighted by molar-refractivity contribution is 6.29. The molecule has 1 amide bonds. The van der Waals surface area contributed by atoms with E-state index in [1.165, 1.54) is 0 Å². The number of nitrogens with one attached hydrogen (secondary N) is 1. The molecule has 1 aromatic heterocycles. The number of halogens is 1. The Hall–Kier alpha value is -2.39. The summed E-state index contributed by atoms with van der Waals surface area (Å²) in [6.07, 6.45) is 0.301. The van der Waals surface area contributed by atoms with Crippen LogP contribution in [0.15, 0.2) is 60.7 Å². The molecule has 3 nitrogen and oxygen atoms in total. The van der Waals surface area contributed by atoms with Crippen LogP contribution in [0.2, 0.25) is 5.15 Å². The first-order chi connectivity index (χ1) is 10.2. The van der Waals surface area contributed by atoms with E-state index in [-0.39, 0.29) is 5.91 Å². The molecule has 0 fully saturated rings. The van der Waals surface area contributed by atoms with Crippen LogP contribution in [-0.2, 0) is 11.2 Å². The third-order valence-electron chi connectivity index (χ3n) is 3.21. The first-order valence-corrected chi connectivity index (χ1v) is 6.99. The van der Waals surface area contributed by atoms with E-state index in [1.54, 1.807) is 18.2 Å². The summed E-state index contributed by atoms with van der Waals surface area (Å²) in [6, 6.07) is 19.1. The SMILES string of the molecule is O=C(Cc1cccc2ccccc12)Nc1cccc(Cl)n1. The van der Waals surface area contributed by atoms with E-state index in [0.717, 1.165) is 16.3 Å². The number of aromatic nitrogens is 1. The summed E-state index contributed by atoms with van der Waals surface area (Å²) >= 11 is 5.80. The van der Waals surface area contributed by atoms with Crippen molar-refractivity contribution in [2.24, 2.45) is 0 Å². The summed E-state index contributed by atoms with van der Waals surface area (Å²) < 4.78 is 0. The fourth-order valence-electron chi connectivity index (χ4n) is 2.28. The molecule has 0 saturated heterocycles. The van der Waals surface area contributed by atoms with Gasteiger partial charge in [0.1, 0.15) is 11.0 Å². The lowest BCUT2D eigenvalue weighted by atomic mass is 10.0. The zero-order valence-electron chi connectivity index (χ0n) is 11.2. The van der Waals surface area contributed by atoms with Crippen LogP contribution in [0.5, 0.6) is 0 Å². The number of carbonyl (C=O) groups is 1.